The summed E-state index contributed by atoms with van der Waals surface area (Å²) < 4.78 is 33.3. The third-order valence-electron chi connectivity index (χ3n) is 6.67. The summed E-state index contributed by atoms with van der Waals surface area (Å²) >= 11 is 5.79. The van der Waals surface area contributed by atoms with E-state index < -0.39 is 17.9 Å². The van der Waals surface area contributed by atoms with Gasteiger partial charge in [0.05, 0.1) is 39.9 Å². The molecule has 4 atom stereocenters. The Morgan fingerprint density at radius 3 is 2.24 bits per heavy atom. The van der Waals surface area contributed by atoms with Crippen LogP contribution in [0.15, 0.2) is 24.3 Å². The van der Waals surface area contributed by atoms with E-state index in [0.29, 0.717) is 28.7 Å². The van der Waals surface area contributed by atoms with Crippen molar-refractivity contribution in [2.75, 3.05) is 40.6 Å². The Hall–Kier alpha value is -3.33. The quantitative estimate of drug-likeness (QED) is 0.488. The van der Waals surface area contributed by atoms with Crippen molar-refractivity contribution in [3.63, 3.8) is 0 Å². The lowest BCUT2D eigenvalue weighted by Gasteiger charge is -2.39. The number of hydrogen-bond acceptors (Lipinski definition) is 8. The van der Waals surface area contributed by atoms with Crippen LogP contribution in [-0.2, 0) is 14.3 Å². The van der Waals surface area contributed by atoms with Gasteiger partial charge in [-0.05, 0) is 41.0 Å². The van der Waals surface area contributed by atoms with Crippen molar-refractivity contribution >= 4 is 23.5 Å². The van der Waals surface area contributed by atoms with Gasteiger partial charge >= 0.3 is 5.97 Å². The number of benzene rings is 2. The smallest absolute Gasteiger partial charge is 0.310 e. The van der Waals surface area contributed by atoms with Gasteiger partial charge in [0.15, 0.2) is 23.0 Å². The summed E-state index contributed by atoms with van der Waals surface area (Å²) in [5, 5.41) is 2.97. The number of fused-ring (bicyclic) bond motifs is 3. The minimum Gasteiger partial charge on any atom is -0.493 e. The van der Waals surface area contributed by atoms with Gasteiger partial charge in [-0.15, -0.1) is 11.6 Å². The number of cyclic esters (lactones) is 1. The summed E-state index contributed by atoms with van der Waals surface area (Å²) in [5.74, 6) is 0.401. The first-order valence-electron chi connectivity index (χ1n) is 10.8. The lowest BCUT2D eigenvalue weighted by atomic mass is 9.65. The zero-order chi connectivity index (χ0) is 24.0. The molecule has 1 amide bonds. The minimum atomic E-state index is -0.559. The predicted molar refractivity (Wildman–Crippen MR) is 120 cm³/mol. The third-order valence-corrected chi connectivity index (χ3v) is 6.91. The van der Waals surface area contributed by atoms with E-state index in [-0.39, 0.29) is 37.1 Å². The number of methoxy groups -OCH3 is 3. The van der Waals surface area contributed by atoms with E-state index in [1.54, 1.807) is 0 Å². The zero-order valence-electron chi connectivity index (χ0n) is 18.9. The average molecular weight is 490 g/mol. The van der Waals surface area contributed by atoms with Crippen molar-refractivity contribution in [3.05, 3.63) is 41.0 Å². The molecule has 3 aliphatic rings. The average Bonchev–Trinajstić information content (AvgIpc) is 3.48. The molecule has 1 saturated heterocycles. The van der Waals surface area contributed by atoms with Gasteiger partial charge in [-0.3, -0.25) is 9.59 Å². The van der Waals surface area contributed by atoms with E-state index >= 15 is 0 Å². The maximum Gasteiger partial charge on any atom is 0.310 e. The molecule has 0 unspecified atom stereocenters. The number of rotatable bonds is 6. The molecule has 0 bridgehead atoms. The van der Waals surface area contributed by atoms with Crippen molar-refractivity contribution in [3.8, 4) is 28.7 Å². The van der Waals surface area contributed by atoms with Crippen LogP contribution < -0.4 is 29.0 Å². The SMILES string of the molecule is COc1cc([C@@H]2c3cc4c(cc3[C@@H](NC(=O)CCl)[C@H]3COC(=O)[C@H]23)OCO4)cc(OC)c1OC. The highest BCUT2D eigenvalue weighted by Gasteiger charge is 2.53. The molecule has 2 heterocycles. The van der Waals surface area contributed by atoms with Gasteiger partial charge < -0.3 is 33.7 Å². The number of halogens is 1. The van der Waals surface area contributed by atoms with Crippen molar-refractivity contribution in [2.45, 2.75) is 12.0 Å². The van der Waals surface area contributed by atoms with Gasteiger partial charge in [-0.1, -0.05) is 0 Å². The first kappa shape index (κ1) is 22.5. The summed E-state index contributed by atoms with van der Waals surface area (Å²) in [4.78, 5) is 25.4. The number of esters is 1. The lowest BCUT2D eigenvalue weighted by Crippen LogP contribution is -2.43. The molecule has 0 radical (unpaired) electrons. The van der Waals surface area contributed by atoms with Crippen LogP contribution in [0.1, 0.15) is 28.7 Å². The fraction of sp³-hybridized carbons (Fsp3) is 0.417. The topological polar surface area (TPSA) is 102 Å². The molecule has 34 heavy (non-hydrogen) atoms. The number of carbonyl (C=O) groups excluding carboxylic acids is 2. The second kappa shape index (κ2) is 8.79. The van der Waals surface area contributed by atoms with Crippen LogP contribution >= 0.6 is 11.6 Å². The number of carbonyl (C=O) groups is 2. The first-order chi connectivity index (χ1) is 16.5. The number of alkyl halides is 1. The summed E-state index contributed by atoms with van der Waals surface area (Å²) in [6.45, 7) is 0.270. The lowest BCUT2D eigenvalue weighted by molar-refractivity contribution is -0.141. The van der Waals surface area contributed by atoms with Gasteiger partial charge in [0, 0.05) is 11.8 Å². The van der Waals surface area contributed by atoms with Gasteiger partial charge in [-0.25, -0.2) is 0 Å². The molecule has 0 spiro atoms. The number of nitrogens with one attached hydrogen (secondary N) is 1. The molecule has 180 valence electrons. The fourth-order valence-electron chi connectivity index (χ4n) is 5.24. The minimum absolute atomic E-state index is 0.0979. The Morgan fingerprint density at radius 1 is 1.00 bits per heavy atom. The zero-order valence-corrected chi connectivity index (χ0v) is 19.6. The van der Waals surface area contributed by atoms with Crippen LogP contribution in [-0.4, -0.2) is 52.5 Å². The number of amides is 1. The third kappa shape index (κ3) is 3.46. The molecule has 0 saturated carbocycles. The fourth-order valence-corrected chi connectivity index (χ4v) is 5.32. The van der Waals surface area contributed by atoms with Gasteiger partial charge in [0.2, 0.25) is 18.4 Å². The summed E-state index contributed by atoms with van der Waals surface area (Å²) in [5.41, 5.74) is 2.42. The maximum absolute atomic E-state index is 13.1. The van der Waals surface area contributed by atoms with Crippen LogP contribution in [0.5, 0.6) is 28.7 Å². The highest BCUT2D eigenvalue weighted by Crippen LogP contribution is 2.55. The van der Waals surface area contributed by atoms with Crippen LogP contribution in [0.4, 0.5) is 0 Å². The number of hydrogen-bond donors (Lipinski definition) is 1. The second-order valence-electron chi connectivity index (χ2n) is 8.27. The van der Waals surface area contributed by atoms with Crippen LogP contribution in [0.2, 0.25) is 0 Å². The summed E-state index contributed by atoms with van der Waals surface area (Å²) in [6.07, 6.45) is 0. The van der Waals surface area contributed by atoms with Crippen molar-refractivity contribution in [2.24, 2.45) is 11.8 Å². The monoisotopic (exact) mass is 489 g/mol. The Morgan fingerprint density at radius 2 is 1.65 bits per heavy atom. The van der Waals surface area contributed by atoms with E-state index in [9.17, 15) is 9.59 Å². The van der Waals surface area contributed by atoms with E-state index in [1.165, 1.54) is 21.3 Å². The molecule has 0 aromatic heterocycles. The standard InChI is InChI=1S/C24H24ClNO8/c1-29-17-4-11(5-18(30-2)23(17)31-3)20-12-6-15-16(34-10-33-15)7-13(12)22(26-19(27)8-25)14-9-32-24(28)21(14)20/h4-7,14,20-22H,8-10H2,1-3H3,(H,26,27)/t14-,20+,21-,22+/m0/s1. The Kier molecular flexibility index (Phi) is 5.81. The summed E-state index contributed by atoms with van der Waals surface area (Å²) in [6, 6.07) is 6.92. The molecule has 2 aliphatic heterocycles. The van der Waals surface area contributed by atoms with E-state index in [1.807, 2.05) is 24.3 Å². The van der Waals surface area contributed by atoms with E-state index in [0.717, 1.165) is 16.7 Å². The summed E-state index contributed by atoms with van der Waals surface area (Å²) in [7, 11) is 4.61. The van der Waals surface area contributed by atoms with Crippen molar-refractivity contribution in [1.82, 2.24) is 5.32 Å². The van der Waals surface area contributed by atoms with Gasteiger partial charge in [0.25, 0.3) is 0 Å². The van der Waals surface area contributed by atoms with E-state index in [2.05, 4.69) is 5.32 Å². The molecule has 1 fully saturated rings. The highest BCUT2D eigenvalue weighted by molar-refractivity contribution is 6.27. The molecule has 10 heteroatoms. The number of ether oxygens (including phenoxy) is 6. The van der Waals surface area contributed by atoms with Crippen LogP contribution in [0, 0.1) is 11.8 Å². The van der Waals surface area contributed by atoms with Crippen molar-refractivity contribution < 1.29 is 38.0 Å². The predicted octanol–water partition coefficient (Wildman–Crippen LogP) is 2.77. The molecule has 1 N–H and O–H groups in total. The van der Waals surface area contributed by atoms with Crippen LogP contribution in [0.25, 0.3) is 0 Å². The second-order valence-corrected chi connectivity index (χ2v) is 8.54. The Balaban J connectivity index is 1.73. The van der Waals surface area contributed by atoms with Crippen molar-refractivity contribution in [1.29, 1.82) is 0 Å². The molecular weight excluding hydrogens is 466 g/mol. The molecule has 9 nitrogen and oxygen atoms in total. The maximum atomic E-state index is 13.1. The Labute approximate surface area is 201 Å². The van der Waals surface area contributed by atoms with Gasteiger partial charge in [0.1, 0.15) is 5.88 Å². The largest absolute Gasteiger partial charge is 0.493 e. The molecule has 1 aliphatic carbocycles. The molecular formula is C24H24ClNO8. The first-order valence-corrected chi connectivity index (χ1v) is 11.3. The van der Waals surface area contributed by atoms with Crippen LogP contribution in [0.3, 0.4) is 0 Å². The molecule has 5 rings (SSSR count). The normalized spacial score (nSPS) is 24.1. The Bertz CT molecular complexity index is 1130. The molecule has 2 aromatic carbocycles. The highest BCUT2D eigenvalue weighted by atomic mass is 35.5. The molecule has 2 aromatic rings. The van der Waals surface area contributed by atoms with Gasteiger partial charge in [-0.2, -0.15) is 0 Å². The van der Waals surface area contributed by atoms with E-state index in [4.69, 9.17) is 40.0 Å².